The number of rotatable bonds is 3. The minimum absolute atomic E-state index is 0.141. The fourth-order valence-corrected chi connectivity index (χ4v) is 2.08. The molecular weight excluding hydrogens is 214 g/mol. The van der Waals surface area contributed by atoms with Gasteiger partial charge in [-0.25, -0.2) is 0 Å². The van der Waals surface area contributed by atoms with Gasteiger partial charge < -0.3 is 0 Å². The van der Waals surface area contributed by atoms with Crippen molar-refractivity contribution in [2.75, 3.05) is 0 Å². The van der Waals surface area contributed by atoms with Crippen molar-refractivity contribution < 1.29 is 0 Å². The highest BCUT2D eigenvalue weighted by atomic mass is 35.5. The summed E-state index contributed by atoms with van der Waals surface area (Å²) in [4.78, 5) is 0. The van der Waals surface area contributed by atoms with Crippen molar-refractivity contribution in [3.63, 3.8) is 0 Å². The first-order valence-electron chi connectivity index (χ1n) is 3.87. The van der Waals surface area contributed by atoms with Crippen LogP contribution in [-0.4, -0.2) is 5.38 Å². The van der Waals surface area contributed by atoms with Gasteiger partial charge in [0, 0.05) is 15.6 Å². The highest BCUT2D eigenvalue weighted by Gasteiger charge is 2.11. The summed E-state index contributed by atoms with van der Waals surface area (Å²) in [6, 6.07) is 0. The molecule has 0 aromatic carbocycles. The first-order chi connectivity index (χ1) is 5.50. The van der Waals surface area contributed by atoms with Crippen LogP contribution in [0.3, 0.4) is 0 Å². The molecule has 0 bridgehead atoms. The maximum Gasteiger partial charge on any atom is 0.0583 e. The molecule has 0 aliphatic carbocycles. The van der Waals surface area contributed by atoms with Gasteiger partial charge in [0.25, 0.3) is 0 Å². The second kappa shape index (κ2) is 5.90. The van der Waals surface area contributed by atoms with Gasteiger partial charge in [0.2, 0.25) is 0 Å². The molecule has 0 saturated heterocycles. The quantitative estimate of drug-likeness (QED) is 0.486. The highest BCUT2D eigenvalue weighted by Crippen LogP contribution is 2.27. The van der Waals surface area contributed by atoms with Crippen LogP contribution in [0.4, 0.5) is 0 Å². The van der Waals surface area contributed by atoms with E-state index in [4.69, 9.17) is 34.8 Å². The molecule has 0 heterocycles. The Morgan fingerprint density at radius 2 is 1.92 bits per heavy atom. The van der Waals surface area contributed by atoms with Crippen molar-refractivity contribution in [1.29, 1.82) is 0 Å². The average Bonchev–Trinajstić information content (AvgIpc) is 1.85. The summed E-state index contributed by atoms with van der Waals surface area (Å²) in [7, 11) is 0. The van der Waals surface area contributed by atoms with Crippen LogP contribution in [0.25, 0.3) is 0 Å². The third-order valence-corrected chi connectivity index (χ3v) is 2.19. The van der Waals surface area contributed by atoms with Crippen molar-refractivity contribution in [1.82, 2.24) is 0 Å². The number of hydrogen-bond donors (Lipinski definition) is 0. The lowest BCUT2D eigenvalue weighted by Gasteiger charge is -2.09. The fraction of sp³-hybridized carbons (Fsp3) is 0.556. The molecule has 0 spiro atoms. The van der Waals surface area contributed by atoms with E-state index in [0.29, 0.717) is 10.1 Å². The van der Waals surface area contributed by atoms with Gasteiger partial charge in [0.15, 0.2) is 0 Å². The summed E-state index contributed by atoms with van der Waals surface area (Å²) in [5.41, 5.74) is 0.821. The lowest BCUT2D eigenvalue weighted by atomic mass is 10.1. The number of hydrogen-bond acceptors (Lipinski definition) is 0. The van der Waals surface area contributed by atoms with E-state index in [1.54, 1.807) is 6.92 Å². The SMILES string of the molecule is CC/C=C(Cl)\C(=C(/C)Cl)C(C)Cl. The van der Waals surface area contributed by atoms with E-state index in [9.17, 15) is 0 Å². The minimum Gasteiger partial charge on any atom is -0.118 e. The minimum atomic E-state index is -0.141. The van der Waals surface area contributed by atoms with E-state index in [1.165, 1.54) is 0 Å². The molecule has 0 saturated carbocycles. The Balaban J connectivity index is 4.78. The van der Waals surface area contributed by atoms with Gasteiger partial charge in [0.1, 0.15) is 0 Å². The highest BCUT2D eigenvalue weighted by molar-refractivity contribution is 6.37. The Hall–Kier alpha value is 0.350. The average molecular weight is 228 g/mol. The second-order valence-electron chi connectivity index (χ2n) is 2.52. The Bertz CT molecular complexity index is 198. The van der Waals surface area contributed by atoms with Crippen LogP contribution in [-0.2, 0) is 0 Å². The molecule has 0 N–H and O–H groups in total. The van der Waals surface area contributed by atoms with Crippen LogP contribution in [0.1, 0.15) is 27.2 Å². The van der Waals surface area contributed by atoms with Crippen molar-refractivity contribution in [3.05, 3.63) is 21.7 Å². The van der Waals surface area contributed by atoms with E-state index in [1.807, 2.05) is 19.9 Å². The normalized spacial score (nSPS) is 17.3. The second-order valence-corrected chi connectivity index (χ2v) is 4.15. The van der Waals surface area contributed by atoms with E-state index >= 15 is 0 Å². The largest absolute Gasteiger partial charge is 0.118 e. The molecule has 70 valence electrons. The third-order valence-electron chi connectivity index (χ3n) is 1.41. The third kappa shape index (κ3) is 3.84. The summed E-state index contributed by atoms with van der Waals surface area (Å²) in [6.07, 6.45) is 2.79. The van der Waals surface area contributed by atoms with E-state index in [0.717, 1.165) is 12.0 Å². The van der Waals surface area contributed by atoms with Gasteiger partial charge in [-0.1, -0.05) is 36.2 Å². The molecule has 3 heteroatoms. The monoisotopic (exact) mass is 226 g/mol. The molecule has 0 aliphatic rings. The fourth-order valence-electron chi connectivity index (χ4n) is 0.918. The van der Waals surface area contributed by atoms with Crippen LogP contribution >= 0.6 is 34.8 Å². The molecule has 0 fully saturated rings. The summed E-state index contributed by atoms with van der Waals surface area (Å²) < 4.78 is 0. The van der Waals surface area contributed by atoms with E-state index < -0.39 is 0 Å². The van der Waals surface area contributed by atoms with Crippen LogP contribution in [0, 0.1) is 0 Å². The molecule has 1 unspecified atom stereocenters. The predicted molar refractivity (Wildman–Crippen MR) is 58.1 cm³/mol. The van der Waals surface area contributed by atoms with E-state index in [-0.39, 0.29) is 5.38 Å². The topological polar surface area (TPSA) is 0 Å². The molecule has 0 rings (SSSR count). The molecule has 0 amide bonds. The van der Waals surface area contributed by atoms with Gasteiger partial charge in [0.05, 0.1) is 5.38 Å². The van der Waals surface area contributed by atoms with Crippen LogP contribution in [0.2, 0.25) is 0 Å². The Morgan fingerprint density at radius 3 is 2.17 bits per heavy atom. The maximum atomic E-state index is 5.97. The molecular formula is C9H13Cl3. The standard InChI is InChI=1S/C9H13Cl3/c1-4-5-8(12)9(6(2)10)7(3)11/h5-6H,4H2,1-3H3/b8-5+,9-7+. The van der Waals surface area contributed by atoms with Gasteiger partial charge in [-0.05, 0) is 20.3 Å². The molecule has 0 nitrogen and oxygen atoms in total. The zero-order valence-corrected chi connectivity index (χ0v) is 9.76. The summed E-state index contributed by atoms with van der Waals surface area (Å²) in [5, 5.41) is 1.18. The van der Waals surface area contributed by atoms with Gasteiger partial charge >= 0.3 is 0 Å². The Morgan fingerprint density at radius 1 is 1.42 bits per heavy atom. The zero-order chi connectivity index (χ0) is 9.72. The number of allylic oxidation sites excluding steroid dienone is 4. The van der Waals surface area contributed by atoms with Crippen molar-refractivity contribution >= 4 is 34.8 Å². The predicted octanol–water partition coefficient (Wildman–Crippen LogP) is 4.66. The van der Waals surface area contributed by atoms with Crippen molar-refractivity contribution in [2.45, 2.75) is 32.6 Å². The van der Waals surface area contributed by atoms with Gasteiger partial charge in [-0.3, -0.25) is 0 Å². The maximum absolute atomic E-state index is 5.97. The van der Waals surface area contributed by atoms with E-state index in [2.05, 4.69) is 0 Å². The molecule has 12 heavy (non-hydrogen) atoms. The Kier molecular flexibility index (Phi) is 6.08. The molecule has 0 radical (unpaired) electrons. The summed E-state index contributed by atoms with van der Waals surface area (Å²) in [5.74, 6) is 0. The van der Waals surface area contributed by atoms with Crippen LogP contribution < -0.4 is 0 Å². The summed E-state index contributed by atoms with van der Waals surface area (Å²) in [6.45, 7) is 5.67. The first kappa shape index (κ1) is 12.3. The number of halogens is 3. The first-order valence-corrected chi connectivity index (χ1v) is 5.06. The summed E-state index contributed by atoms with van der Waals surface area (Å²) >= 11 is 17.7. The van der Waals surface area contributed by atoms with Gasteiger partial charge in [-0.2, -0.15) is 0 Å². The smallest absolute Gasteiger partial charge is 0.0583 e. The van der Waals surface area contributed by atoms with Crippen molar-refractivity contribution in [3.8, 4) is 0 Å². The van der Waals surface area contributed by atoms with Crippen LogP contribution in [0.15, 0.2) is 21.7 Å². The van der Waals surface area contributed by atoms with Gasteiger partial charge in [-0.15, -0.1) is 11.6 Å². The zero-order valence-electron chi connectivity index (χ0n) is 7.50. The molecule has 1 atom stereocenters. The molecule has 0 aliphatic heterocycles. The lowest BCUT2D eigenvalue weighted by molar-refractivity contribution is 1.11. The lowest BCUT2D eigenvalue weighted by Crippen LogP contribution is -1.99. The molecule has 0 aromatic rings. The van der Waals surface area contributed by atoms with Crippen LogP contribution in [0.5, 0.6) is 0 Å². The van der Waals surface area contributed by atoms with Crippen molar-refractivity contribution in [2.24, 2.45) is 0 Å². The Labute approximate surface area is 89.2 Å². The number of alkyl halides is 1. The molecule has 0 aromatic heterocycles.